The number of rotatable bonds is 3. The van der Waals surface area contributed by atoms with Crippen molar-refractivity contribution in [2.24, 2.45) is 7.05 Å². The molecule has 0 fully saturated rings. The number of benzene rings is 1. The predicted molar refractivity (Wildman–Crippen MR) is 84.5 cm³/mol. The van der Waals surface area contributed by atoms with E-state index < -0.39 is 5.97 Å². The number of ether oxygens (including phenoxy) is 1. The van der Waals surface area contributed by atoms with Gasteiger partial charge in [0.1, 0.15) is 11.9 Å². The molecule has 0 atom stereocenters. The fraction of sp³-hybridized carbons (Fsp3) is 0.235. The molecule has 0 N–H and O–H groups in total. The van der Waals surface area contributed by atoms with Gasteiger partial charge >= 0.3 is 5.97 Å². The highest BCUT2D eigenvalue weighted by Gasteiger charge is 2.18. The van der Waals surface area contributed by atoms with Crippen molar-refractivity contribution in [3.05, 3.63) is 48.5 Å². The molecule has 2 aromatic heterocycles. The number of carbonyl (C=O) groups excluding carboxylic acids is 1. The van der Waals surface area contributed by atoms with Crippen molar-refractivity contribution >= 4 is 16.9 Å². The van der Waals surface area contributed by atoms with Crippen LogP contribution >= 0.6 is 0 Å². The summed E-state index contributed by atoms with van der Waals surface area (Å²) in [5.74, 6) is -0.404. The Morgan fingerprint density at radius 3 is 2.86 bits per heavy atom. The van der Waals surface area contributed by atoms with Gasteiger partial charge in [-0.2, -0.15) is 0 Å². The van der Waals surface area contributed by atoms with Crippen molar-refractivity contribution in [2.75, 3.05) is 0 Å². The summed E-state index contributed by atoms with van der Waals surface area (Å²) in [6.07, 6.45) is 4.76. The van der Waals surface area contributed by atoms with E-state index in [1.807, 2.05) is 55.9 Å². The molecular weight excluding hydrogens is 278 g/mol. The molecule has 0 saturated heterocycles. The van der Waals surface area contributed by atoms with Crippen LogP contribution in [-0.4, -0.2) is 26.6 Å². The molecule has 0 aliphatic heterocycles. The Morgan fingerprint density at radius 2 is 2.09 bits per heavy atom. The third-order valence-electron chi connectivity index (χ3n) is 3.46. The van der Waals surface area contributed by atoms with Gasteiger partial charge in [0.15, 0.2) is 0 Å². The standard InChI is InChI=1S/C17H17N3O2/c1-11(2)22-17(21)14-9-18-10-19-16(14)13-5-4-6-15-12(13)7-8-20(15)3/h4-11H,1-3H3. The van der Waals surface area contributed by atoms with E-state index in [2.05, 4.69) is 9.97 Å². The minimum atomic E-state index is -0.404. The lowest BCUT2D eigenvalue weighted by Gasteiger charge is -2.11. The van der Waals surface area contributed by atoms with Gasteiger partial charge in [-0.05, 0) is 26.0 Å². The van der Waals surface area contributed by atoms with Crippen LogP contribution in [-0.2, 0) is 11.8 Å². The van der Waals surface area contributed by atoms with Crippen LogP contribution in [0.1, 0.15) is 24.2 Å². The minimum Gasteiger partial charge on any atom is -0.459 e. The quantitative estimate of drug-likeness (QED) is 0.696. The topological polar surface area (TPSA) is 57.0 Å². The summed E-state index contributed by atoms with van der Waals surface area (Å²) in [5, 5.41) is 1.04. The highest BCUT2D eigenvalue weighted by molar-refractivity contribution is 6.02. The lowest BCUT2D eigenvalue weighted by atomic mass is 10.0. The minimum absolute atomic E-state index is 0.187. The molecule has 0 aliphatic carbocycles. The van der Waals surface area contributed by atoms with Gasteiger partial charge in [0.25, 0.3) is 0 Å². The molecule has 0 radical (unpaired) electrons. The third-order valence-corrected chi connectivity index (χ3v) is 3.46. The highest BCUT2D eigenvalue weighted by atomic mass is 16.5. The van der Waals surface area contributed by atoms with Crippen molar-refractivity contribution in [2.45, 2.75) is 20.0 Å². The molecule has 0 amide bonds. The number of fused-ring (bicyclic) bond motifs is 1. The van der Waals surface area contributed by atoms with Crippen LogP contribution < -0.4 is 0 Å². The van der Waals surface area contributed by atoms with E-state index in [1.165, 1.54) is 12.5 Å². The number of carbonyl (C=O) groups is 1. The smallest absolute Gasteiger partial charge is 0.342 e. The first-order valence-corrected chi connectivity index (χ1v) is 7.13. The molecule has 3 rings (SSSR count). The zero-order valence-corrected chi connectivity index (χ0v) is 12.8. The van der Waals surface area contributed by atoms with Gasteiger partial charge in [-0.1, -0.05) is 12.1 Å². The highest BCUT2D eigenvalue weighted by Crippen LogP contribution is 2.30. The fourth-order valence-corrected chi connectivity index (χ4v) is 2.48. The van der Waals surface area contributed by atoms with E-state index in [1.54, 1.807) is 0 Å². The first-order valence-electron chi connectivity index (χ1n) is 7.13. The number of hydrogen-bond acceptors (Lipinski definition) is 4. The fourth-order valence-electron chi connectivity index (χ4n) is 2.48. The van der Waals surface area contributed by atoms with Gasteiger partial charge in [0, 0.05) is 35.9 Å². The second-order valence-electron chi connectivity index (χ2n) is 5.40. The number of hydrogen-bond donors (Lipinski definition) is 0. The summed E-state index contributed by atoms with van der Waals surface area (Å²) in [6, 6.07) is 7.96. The van der Waals surface area contributed by atoms with Crippen LogP contribution in [0.15, 0.2) is 43.0 Å². The van der Waals surface area contributed by atoms with Crippen molar-refractivity contribution in [3.8, 4) is 11.3 Å². The molecule has 112 valence electrons. The Hall–Kier alpha value is -2.69. The van der Waals surface area contributed by atoms with Crippen molar-refractivity contribution in [1.82, 2.24) is 14.5 Å². The van der Waals surface area contributed by atoms with E-state index in [-0.39, 0.29) is 6.10 Å². The molecule has 22 heavy (non-hydrogen) atoms. The monoisotopic (exact) mass is 295 g/mol. The van der Waals surface area contributed by atoms with E-state index in [0.29, 0.717) is 11.3 Å². The Morgan fingerprint density at radius 1 is 1.27 bits per heavy atom. The lowest BCUT2D eigenvalue weighted by Crippen LogP contribution is -2.13. The summed E-state index contributed by atoms with van der Waals surface area (Å²) in [7, 11) is 1.99. The van der Waals surface area contributed by atoms with E-state index >= 15 is 0 Å². The van der Waals surface area contributed by atoms with E-state index in [0.717, 1.165) is 16.5 Å². The summed E-state index contributed by atoms with van der Waals surface area (Å²) >= 11 is 0. The molecule has 0 spiro atoms. The summed E-state index contributed by atoms with van der Waals surface area (Å²) in [6.45, 7) is 3.64. The number of nitrogens with zero attached hydrogens (tertiary/aromatic N) is 3. The van der Waals surface area contributed by atoms with Crippen molar-refractivity contribution < 1.29 is 9.53 Å². The van der Waals surface area contributed by atoms with Gasteiger partial charge in [-0.15, -0.1) is 0 Å². The third kappa shape index (κ3) is 2.45. The van der Waals surface area contributed by atoms with Gasteiger partial charge in [0.2, 0.25) is 0 Å². The SMILES string of the molecule is CC(C)OC(=O)c1cncnc1-c1cccc2c1ccn2C. The lowest BCUT2D eigenvalue weighted by molar-refractivity contribution is 0.0378. The summed E-state index contributed by atoms with van der Waals surface area (Å²) < 4.78 is 7.33. The maximum Gasteiger partial charge on any atom is 0.342 e. The molecule has 3 aromatic rings. The van der Waals surface area contributed by atoms with Crippen molar-refractivity contribution in [3.63, 3.8) is 0 Å². The molecule has 5 nitrogen and oxygen atoms in total. The zero-order valence-electron chi connectivity index (χ0n) is 12.8. The molecule has 0 aliphatic rings. The van der Waals surface area contributed by atoms with Gasteiger partial charge < -0.3 is 9.30 Å². The number of aromatic nitrogens is 3. The van der Waals surface area contributed by atoms with Crippen LogP contribution in [0.4, 0.5) is 0 Å². The molecule has 5 heteroatoms. The second kappa shape index (κ2) is 5.60. The maximum absolute atomic E-state index is 12.3. The van der Waals surface area contributed by atoms with Crippen LogP contribution in [0.5, 0.6) is 0 Å². The van der Waals surface area contributed by atoms with Crippen LogP contribution in [0.3, 0.4) is 0 Å². The molecule has 0 saturated carbocycles. The Bertz CT molecular complexity index is 837. The summed E-state index contributed by atoms with van der Waals surface area (Å²) in [4.78, 5) is 20.6. The van der Waals surface area contributed by atoms with Gasteiger partial charge in [0.05, 0.1) is 11.8 Å². The average Bonchev–Trinajstić information content (AvgIpc) is 2.88. The average molecular weight is 295 g/mol. The molecule has 0 bridgehead atoms. The zero-order chi connectivity index (χ0) is 15.7. The van der Waals surface area contributed by atoms with E-state index in [9.17, 15) is 4.79 Å². The molecule has 1 aromatic carbocycles. The Balaban J connectivity index is 2.17. The Labute approximate surface area is 128 Å². The Kier molecular flexibility index (Phi) is 3.63. The molecular formula is C17H17N3O2. The normalized spacial score (nSPS) is 11.1. The van der Waals surface area contributed by atoms with Gasteiger partial charge in [-0.3, -0.25) is 0 Å². The van der Waals surface area contributed by atoms with Crippen LogP contribution in [0.25, 0.3) is 22.2 Å². The predicted octanol–water partition coefficient (Wildman–Crippen LogP) is 3.20. The van der Waals surface area contributed by atoms with Crippen LogP contribution in [0.2, 0.25) is 0 Å². The maximum atomic E-state index is 12.3. The number of aryl methyl sites for hydroxylation is 1. The molecule has 0 unspecified atom stereocenters. The largest absolute Gasteiger partial charge is 0.459 e. The van der Waals surface area contributed by atoms with Crippen LogP contribution in [0, 0.1) is 0 Å². The number of esters is 1. The van der Waals surface area contributed by atoms with Gasteiger partial charge in [-0.25, -0.2) is 14.8 Å². The van der Waals surface area contributed by atoms with E-state index in [4.69, 9.17) is 4.74 Å². The first-order chi connectivity index (χ1) is 10.6. The first kappa shape index (κ1) is 14.3. The summed E-state index contributed by atoms with van der Waals surface area (Å²) in [5.41, 5.74) is 2.96. The van der Waals surface area contributed by atoms with Crippen molar-refractivity contribution in [1.29, 1.82) is 0 Å². The molecule has 2 heterocycles. The second-order valence-corrected chi connectivity index (χ2v) is 5.40.